The third-order valence-electron chi connectivity index (χ3n) is 2.43. The zero-order valence-electron chi connectivity index (χ0n) is 8.84. The molecule has 1 aliphatic rings. The van der Waals surface area contributed by atoms with Crippen molar-refractivity contribution in [1.29, 1.82) is 0 Å². The van der Waals surface area contributed by atoms with E-state index < -0.39 is 21.2 Å². The summed E-state index contributed by atoms with van der Waals surface area (Å²) in [6.45, 7) is 1.49. The summed E-state index contributed by atoms with van der Waals surface area (Å²) in [7, 11) is -3.87. The predicted octanol–water partition coefficient (Wildman–Crippen LogP) is -1.39. The molecule has 1 amide bonds. The monoisotopic (exact) mass is 250 g/mol. The molecule has 1 unspecified atom stereocenters. The van der Waals surface area contributed by atoms with Crippen LogP contribution in [-0.2, 0) is 19.6 Å². The minimum absolute atomic E-state index is 0.0335. The van der Waals surface area contributed by atoms with Gasteiger partial charge in [-0.05, 0) is 6.92 Å². The molecule has 0 spiro atoms. The maximum absolute atomic E-state index is 11.8. The summed E-state index contributed by atoms with van der Waals surface area (Å²) in [6, 6.07) is 0. The van der Waals surface area contributed by atoms with Crippen LogP contribution >= 0.6 is 0 Å². The number of nitrogens with one attached hydrogen (secondary N) is 1. The van der Waals surface area contributed by atoms with Crippen LogP contribution < -0.4 is 5.32 Å². The number of nitrogens with zero attached hydrogens (tertiary/aromatic N) is 1. The van der Waals surface area contributed by atoms with E-state index in [1.54, 1.807) is 0 Å². The second-order valence-electron chi connectivity index (χ2n) is 3.52. The minimum atomic E-state index is -3.87. The van der Waals surface area contributed by atoms with Crippen LogP contribution in [0.4, 0.5) is 0 Å². The van der Waals surface area contributed by atoms with Crippen LogP contribution in [0.5, 0.6) is 0 Å². The standard InChI is InChI=1S/C8H14N2O5S/c1-6(8(12)13)16(14,15)10-4-2-7(11)9-3-5-10/h6H,2-5H2,1H3,(H,9,11)(H,12,13). The van der Waals surface area contributed by atoms with Gasteiger partial charge in [0.2, 0.25) is 15.9 Å². The molecule has 16 heavy (non-hydrogen) atoms. The summed E-state index contributed by atoms with van der Waals surface area (Å²) >= 11 is 0. The largest absolute Gasteiger partial charge is 0.480 e. The molecule has 1 aliphatic heterocycles. The highest BCUT2D eigenvalue weighted by Crippen LogP contribution is 2.11. The first-order chi connectivity index (χ1) is 7.35. The number of carboxylic acid groups (broad SMARTS) is 1. The number of hydrogen-bond acceptors (Lipinski definition) is 4. The van der Waals surface area contributed by atoms with Gasteiger partial charge in [0.1, 0.15) is 0 Å². The van der Waals surface area contributed by atoms with Crippen molar-refractivity contribution in [1.82, 2.24) is 9.62 Å². The molecule has 0 bridgehead atoms. The maximum atomic E-state index is 11.8. The van der Waals surface area contributed by atoms with E-state index in [0.717, 1.165) is 11.2 Å². The summed E-state index contributed by atoms with van der Waals surface area (Å²) in [5, 5.41) is 9.72. The molecule has 1 saturated heterocycles. The van der Waals surface area contributed by atoms with Gasteiger partial charge in [0.15, 0.2) is 5.25 Å². The molecule has 0 radical (unpaired) electrons. The van der Waals surface area contributed by atoms with Gasteiger partial charge >= 0.3 is 5.97 Å². The van der Waals surface area contributed by atoms with Crippen molar-refractivity contribution in [3.63, 3.8) is 0 Å². The highest BCUT2D eigenvalue weighted by atomic mass is 32.2. The fraction of sp³-hybridized carbons (Fsp3) is 0.750. The number of amides is 1. The Hall–Kier alpha value is -1.15. The van der Waals surface area contributed by atoms with Gasteiger partial charge in [-0.1, -0.05) is 0 Å². The van der Waals surface area contributed by atoms with Gasteiger partial charge in [0, 0.05) is 26.1 Å². The van der Waals surface area contributed by atoms with Crippen LogP contribution in [0.25, 0.3) is 0 Å². The van der Waals surface area contributed by atoms with Gasteiger partial charge in [-0.2, -0.15) is 4.31 Å². The Labute approximate surface area is 93.5 Å². The molecular formula is C8H14N2O5S. The minimum Gasteiger partial charge on any atom is -0.480 e. The van der Waals surface area contributed by atoms with E-state index in [1.807, 2.05) is 0 Å². The molecule has 1 rings (SSSR count). The van der Waals surface area contributed by atoms with Gasteiger partial charge in [-0.25, -0.2) is 8.42 Å². The molecule has 0 aromatic heterocycles. The Kier molecular flexibility index (Phi) is 3.87. The molecule has 0 saturated carbocycles. The van der Waals surface area contributed by atoms with E-state index in [1.165, 1.54) is 0 Å². The molecule has 8 heteroatoms. The molecule has 2 N–H and O–H groups in total. The topological polar surface area (TPSA) is 104 Å². The lowest BCUT2D eigenvalue weighted by atomic mass is 10.4. The summed E-state index contributed by atoms with van der Waals surface area (Å²) in [5.74, 6) is -1.61. The average Bonchev–Trinajstić information content (AvgIpc) is 2.41. The van der Waals surface area contributed by atoms with E-state index in [2.05, 4.69) is 5.32 Å². The molecular weight excluding hydrogens is 236 g/mol. The zero-order chi connectivity index (χ0) is 12.3. The summed E-state index contributed by atoms with van der Waals surface area (Å²) in [6.07, 6.45) is 0.0611. The van der Waals surface area contributed by atoms with Gasteiger partial charge in [0.05, 0.1) is 0 Å². The quantitative estimate of drug-likeness (QED) is 0.642. The summed E-state index contributed by atoms with van der Waals surface area (Å²) < 4.78 is 24.6. The fourth-order valence-electron chi connectivity index (χ4n) is 1.35. The van der Waals surface area contributed by atoms with Crippen molar-refractivity contribution < 1.29 is 23.1 Å². The number of sulfonamides is 1. The van der Waals surface area contributed by atoms with Crippen LogP contribution in [0.15, 0.2) is 0 Å². The number of hydrogen-bond donors (Lipinski definition) is 2. The Bertz CT molecular complexity index is 391. The second-order valence-corrected chi connectivity index (χ2v) is 5.78. The first-order valence-electron chi connectivity index (χ1n) is 4.84. The smallest absolute Gasteiger partial charge is 0.323 e. The van der Waals surface area contributed by atoms with E-state index in [4.69, 9.17) is 5.11 Å². The molecule has 0 aromatic rings. The number of carboxylic acids is 1. The van der Waals surface area contributed by atoms with Crippen molar-refractivity contribution in [2.24, 2.45) is 0 Å². The summed E-state index contributed by atoms with van der Waals surface area (Å²) in [4.78, 5) is 21.7. The van der Waals surface area contributed by atoms with Crippen LogP contribution in [0.3, 0.4) is 0 Å². The van der Waals surface area contributed by atoms with Gasteiger partial charge in [-0.3, -0.25) is 9.59 Å². The third-order valence-corrected chi connectivity index (χ3v) is 4.61. The lowest BCUT2D eigenvalue weighted by Crippen LogP contribution is -2.42. The zero-order valence-corrected chi connectivity index (χ0v) is 9.66. The van der Waals surface area contributed by atoms with Gasteiger partial charge < -0.3 is 10.4 Å². The molecule has 0 aromatic carbocycles. The Morgan fingerprint density at radius 3 is 2.69 bits per heavy atom. The van der Waals surface area contributed by atoms with E-state index >= 15 is 0 Å². The SMILES string of the molecule is CC(C(=O)O)S(=O)(=O)N1CCNC(=O)CC1. The summed E-state index contributed by atoms with van der Waals surface area (Å²) in [5.41, 5.74) is 0. The first-order valence-corrected chi connectivity index (χ1v) is 6.34. The molecule has 1 atom stereocenters. The molecule has 0 aliphatic carbocycles. The predicted molar refractivity (Wildman–Crippen MR) is 55.2 cm³/mol. The van der Waals surface area contributed by atoms with Crippen molar-refractivity contribution >= 4 is 21.9 Å². The number of rotatable bonds is 3. The number of carbonyl (C=O) groups excluding carboxylic acids is 1. The van der Waals surface area contributed by atoms with E-state index in [-0.39, 0.29) is 32.0 Å². The van der Waals surface area contributed by atoms with Crippen LogP contribution in [0, 0.1) is 0 Å². The maximum Gasteiger partial charge on any atom is 0.323 e. The Morgan fingerprint density at radius 1 is 1.50 bits per heavy atom. The number of carbonyl (C=O) groups is 2. The van der Waals surface area contributed by atoms with Crippen molar-refractivity contribution in [2.75, 3.05) is 19.6 Å². The molecule has 92 valence electrons. The van der Waals surface area contributed by atoms with Gasteiger partial charge in [-0.15, -0.1) is 0 Å². The molecule has 1 heterocycles. The highest BCUT2D eigenvalue weighted by Gasteiger charge is 2.34. The highest BCUT2D eigenvalue weighted by molar-refractivity contribution is 7.90. The van der Waals surface area contributed by atoms with Gasteiger partial charge in [0.25, 0.3) is 0 Å². The van der Waals surface area contributed by atoms with Crippen LogP contribution in [0.2, 0.25) is 0 Å². The van der Waals surface area contributed by atoms with Crippen LogP contribution in [-0.4, -0.2) is 54.6 Å². The van der Waals surface area contributed by atoms with E-state index in [9.17, 15) is 18.0 Å². The molecule has 1 fully saturated rings. The lowest BCUT2D eigenvalue weighted by Gasteiger charge is -2.21. The lowest BCUT2D eigenvalue weighted by molar-refractivity contribution is -0.136. The van der Waals surface area contributed by atoms with Crippen LogP contribution in [0.1, 0.15) is 13.3 Å². The fourth-order valence-corrected chi connectivity index (χ4v) is 2.75. The average molecular weight is 250 g/mol. The van der Waals surface area contributed by atoms with E-state index in [0.29, 0.717) is 0 Å². The Balaban J connectivity index is 2.83. The first kappa shape index (κ1) is 12.9. The second kappa shape index (κ2) is 4.79. The van der Waals surface area contributed by atoms with Crippen molar-refractivity contribution in [2.45, 2.75) is 18.6 Å². The normalized spacial score (nSPS) is 20.9. The third kappa shape index (κ3) is 2.70. The Morgan fingerprint density at radius 2 is 2.12 bits per heavy atom. The number of aliphatic carboxylic acids is 1. The molecule has 7 nitrogen and oxygen atoms in total. The van der Waals surface area contributed by atoms with Crippen molar-refractivity contribution in [3.05, 3.63) is 0 Å². The van der Waals surface area contributed by atoms with Crippen molar-refractivity contribution in [3.8, 4) is 0 Å².